The van der Waals surface area contributed by atoms with Crippen molar-refractivity contribution >= 4 is 5.82 Å². The van der Waals surface area contributed by atoms with E-state index in [0.717, 1.165) is 18.7 Å². The number of hydrogen-bond donors (Lipinski definition) is 1. The van der Waals surface area contributed by atoms with Gasteiger partial charge in [0.15, 0.2) is 0 Å². The minimum atomic E-state index is 0.386. The molecule has 0 spiro atoms. The van der Waals surface area contributed by atoms with Gasteiger partial charge >= 0.3 is 0 Å². The lowest BCUT2D eigenvalue weighted by Gasteiger charge is -2.08. The number of nitrogens with two attached hydrogens (primary N) is 1. The SMILES string of the molecule is N#Cc1ccccc1Oc1cc(N)nc(C2CC2)n1. The summed E-state index contributed by atoms with van der Waals surface area (Å²) < 4.78 is 5.65. The van der Waals surface area contributed by atoms with Gasteiger partial charge in [-0.25, -0.2) is 4.98 Å². The fourth-order valence-electron chi connectivity index (χ4n) is 1.80. The van der Waals surface area contributed by atoms with Gasteiger partial charge in [-0.2, -0.15) is 10.2 Å². The topological polar surface area (TPSA) is 84.8 Å². The Bertz CT molecular complexity index is 659. The molecule has 0 amide bonds. The summed E-state index contributed by atoms with van der Waals surface area (Å²) in [4.78, 5) is 8.55. The Balaban J connectivity index is 1.92. The van der Waals surface area contributed by atoms with Crippen molar-refractivity contribution in [1.29, 1.82) is 5.26 Å². The molecular weight excluding hydrogens is 240 g/mol. The number of nitrogen functional groups attached to an aromatic ring is 1. The standard InChI is InChI=1S/C14H12N4O/c15-8-10-3-1-2-4-11(10)19-13-7-12(16)17-14(18-13)9-5-6-9/h1-4,7,9H,5-6H2,(H2,16,17,18). The van der Waals surface area contributed by atoms with Gasteiger partial charge < -0.3 is 10.5 Å². The number of hydrogen-bond acceptors (Lipinski definition) is 5. The van der Waals surface area contributed by atoms with Crippen molar-refractivity contribution in [3.8, 4) is 17.7 Å². The summed E-state index contributed by atoms with van der Waals surface area (Å²) in [6.07, 6.45) is 2.19. The Morgan fingerprint density at radius 3 is 2.79 bits per heavy atom. The number of nitrogens with zero attached hydrogens (tertiary/aromatic N) is 3. The van der Waals surface area contributed by atoms with Crippen molar-refractivity contribution in [2.24, 2.45) is 0 Å². The second kappa shape index (κ2) is 4.58. The van der Waals surface area contributed by atoms with E-state index < -0.39 is 0 Å². The van der Waals surface area contributed by atoms with Crippen LogP contribution in [-0.4, -0.2) is 9.97 Å². The number of rotatable bonds is 3. The van der Waals surface area contributed by atoms with Gasteiger partial charge in [-0.1, -0.05) is 12.1 Å². The van der Waals surface area contributed by atoms with Crippen LogP contribution in [0.25, 0.3) is 0 Å². The van der Waals surface area contributed by atoms with E-state index in [-0.39, 0.29) is 0 Å². The molecule has 19 heavy (non-hydrogen) atoms. The Labute approximate surface area is 110 Å². The van der Waals surface area contributed by atoms with Crippen molar-refractivity contribution in [3.63, 3.8) is 0 Å². The van der Waals surface area contributed by atoms with Gasteiger partial charge in [0.2, 0.25) is 5.88 Å². The molecule has 1 saturated carbocycles. The molecule has 94 valence electrons. The first kappa shape index (κ1) is 11.5. The van der Waals surface area contributed by atoms with Crippen LogP contribution in [0.1, 0.15) is 30.1 Å². The minimum absolute atomic E-state index is 0.386. The van der Waals surface area contributed by atoms with Gasteiger partial charge in [0, 0.05) is 12.0 Å². The molecule has 0 aliphatic heterocycles. The molecule has 1 aliphatic rings. The number of benzene rings is 1. The third-order valence-electron chi connectivity index (χ3n) is 2.90. The van der Waals surface area contributed by atoms with Crippen molar-refractivity contribution < 1.29 is 4.74 Å². The highest BCUT2D eigenvalue weighted by Crippen LogP contribution is 2.39. The first-order chi connectivity index (χ1) is 9.26. The van der Waals surface area contributed by atoms with E-state index in [1.807, 2.05) is 6.07 Å². The highest BCUT2D eigenvalue weighted by atomic mass is 16.5. The number of para-hydroxylation sites is 1. The summed E-state index contributed by atoms with van der Waals surface area (Å²) in [6.45, 7) is 0. The zero-order valence-corrected chi connectivity index (χ0v) is 10.2. The highest BCUT2D eigenvalue weighted by Gasteiger charge is 2.27. The molecule has 1 heterocycles. The lowest BCUT2D eigenvalue weighted by molar-refractivity contribution is 0.457. The molecule has 3 rings (SSSR count). The van der Waals surface area contributed by atoms with E-state index in [0.29, 0.717) is 28.9 Å². The molecule has 0 radical (unpaired) electrons. The predicted molar refractivity (Wildman–Crippen MR) is 69.7 cm³/mol. The fraction of sp³-hybridized carbons (Fsp3) is 0.214. The maximum absolute atomic E-state index is 9.02. The largest absolute Gasteiger partial charge is 0.437 e. The van der Waals surface area contributed by atoms with Gasteiger partial charge in [-0.3, -0.25) is 0 Å². The second-order valence-electron chi connectivity index (χ2n) is 4.47. The zero-order valence-electron chi connectivity index (χ0n) is 10.2. The quantitative estimate of drug-likeness (QED) is 0.907. The van der Waals surface area contributed by atoms with Crippen molar-refractivity contribution in [2.75, 3.05) is 5.73 Å². The summed E-state index contributed by atoms with van der Waals surface area (Å²) in [5.41, 5.74) is 6.22. The summed E-state index contributed by atoms with van der Waals surface area (Å²) in [5, 5.41) is 9.02. The number of ether oxygens (including phenoxy) is 1. The van der Waals surface area contributed by atoms with Gasteiger partial charge in [-0.05, 0) is 25.0 Å². The zero-order chi connectivity index (χ0) is 13.2. The number of aromatic nitrogens is 2. The van der Waals surface area contributed by atoms with Crippen LogP contribution in [-0.2, 0) is 0 Å². The van der Waals surface area contributed by atoms with E-state index in [2.05, 4.69) is 16.0 Å². The Morgan fingerprint density at radius 2 is 2.05 bits per heavy atom. The van der Waals surface area contributed by atoms with Crippen LogP contribution in [0.4, 0.5) is 5.82 Å². The summed E-state index contributed by atoms with van der Waals surface area (Å²) in [7, 11) is 0. The molecule has 5 heteroatoms. The maximum atomic E-state index is 9.02. The number of nitriles is 1. The summed E-state index contributed by atoms with van der Waals surface area (Å²) in [6, 6.07) is 10.7. The van der Waals surface area contributed by atoms with E-state index in [1.54, 1.807) is 24.3 Å². The van der Waals surface area contributed by atoms with Gasteiger partial charge in [0.05, 0.1) is 5.56 Å². The molecule has 0 saturated heterocycles. The highest BCUT2D eigenvalue weighted by molar-refractivity contribution is 5.45. The third-order valence-corrected chi connectivity index (χ3v) is 2.90. The van der Waals surface area contributed by atoms with Crippen molar-refractivity contribution in [1.82, 2.24) is 9.97 Å². The average molecular weight is 252 g/mol. The van der Waals surface area contributed by atoms with Crippen LogP contribution in [0.3, 0.4) is 0 Å². The van der Waals surface area contributed by atoms with Gasteiger partial charge in [-0.15, -0.1) is 0 Å². The fourth-order valence-corrected chi connectivity index (χ4v) is 1.80. The Morgan fingerprint density at radius 1 is 1.26 bits per heavy atom. The van der Waals surface area contributed by atoms with E-state index in [1.165, 1.54) is 0 Å². The molecule has 0 unspecified atom stereocenters. The third kappa shape index (κ3) is 2.47. The predicted octanol–water partition coefficient (Wildman–Crippen LogP) is 2.60. The van der Waals surface area contributed by atoms with E-state index >= 15 is 0 Å². The smallest absolute Gasteiger partial charge is 0.224 e. The van der Waals surface area contributed by atoms with Crippen LogP contribution in [0.5, 0.6) is 11.6 Å². The van der Waals surface area contributed by atoms with Crippen molar-refractivity contribution in [2.45, 2.75) is 18.8 Å². The summed E-state index contributed by atoms with van der Waals surface area (Å²) >= 11 is 0. The normalized spacial score (nSPS) is 13.8. The lowest BCUT2D eigenvalue weighted by atomic mass is 10.2. The van der Waals surface area contributed by atoms with Crippen LogP contribution in [0.2, 0.25) is 0 Å². The Kier molecular flexibility index (Phi) is 2.76. The lowest BCUT2D eigenvalue weighted by Crippen LogP contribution is -2.00. The minimum Gasteiger partial charge on any atom is -0.437 e. The molecule has 1 fully saturated rings. The van der Waals surface area contributed by atoms with Crippen LogP contribution >= 0.6 is 0 Å². The molecule has 1 aromatic carbocycles. The van der Waals surface area contributed by atoms with Gasteiger partial charge in [0.1, 0.15) is 23.5 Å². The number of anilines is 1. The molecule has 0 atom stereocenters. The Hall–Kier alpha value is -2.61. The van der Waals surface area contributed by atoms with E-state index in [9.17, 15) is 0 Å². The molecule has 5 nitrogen and oxygen atoms in total. The van der Waals surface area contributed by atoms with Gasteiger partial charge in [0.25, 0.3) is 0 Å². The molecule has 2 N–H and O–H groups in total. The molecular formula is C14H12N4O. The maximum Gasteiger partial charge on any atom is 0.224 e. The first-order valence-electron chi connectivity index (χ1n) is 6.07. The molecule has 1 aliphatic carbocycles. The van der Waals surface area contributed by atoms with Crippen LogP contribution in [0.15, 0.2) is 30.3 Å². The van der Waals surface area contributed by atoms with E-state index in [4.69, 9.17) is 15.7 Å². The first-order valence-corrected chi connectivity index (χ1v) is 6.07. The summed E-state index contributed by atoms with van der Waals surface area (Å²) in [5.74, 6) is 2.38. The average Bonchev–Trinajstić information content (AvgIpc) is 3.23. The second-order valence-corrected chi connectivity index (χ2v) is 4.47. The van der Waals surface area contributed by atoms with Crippen molar-refractivity contribution in [3.05, 3.63) is 41.7 Å². The molecule has 0 bridgehead atoms. The molecule has 1 aromatic heterocycles. The molecule has 2 aromatic rings. The monoisotopic (exact) mass is 252 g/mol. The van der Waals surface area contributed by atoms with Crippen LogP contribution < -0.4 is 10.5 Å². The van der Waals surface area contributed by atoms with Crippen LogP contribution in [0, 0.1) is 11.3 Å².